The van der Waals surface area contributed by atoms with Crippen LogP contribution >= 0.6 is 0 Å². The van der Waals surface area contributed by atoms with E-state index in [4.69, 9.17) is 5.73 Å². The van der Waals surface area contributed by atoms with Crippen LogP contribution in [0.25, 0.3) is 0 Å². The molecule has 0 bridgehead atoms. The molecule has 0 saturated carbocycles. The Balaban J connectivity index is 2.43. The number of anilines is 2. The fourth-order valence-electron chi connectivity index (χ4n) is 1.78. The van der Waals surface area contributed by atoms with Crippen molar-refractivity contribution in [2.75, 3.05) is 10.5 Å². The second-order valence-electron chi connectivity index (χ2n) is 4.60. The summed E-state index contributed by atoms with van der Waals surface area (Å²) in [7, 11) is -3.87. The maximum atomic E-state index is 13.6. The number of rotatable bonds is 3. The monoisotopic (exact) mass is 294 g/mol. The predicted molar refractivity (Wildman–Crippen MR) is 77.5 cm³/mol. The second-order valence-corrected chi connectivity index (χ2v) is 6.25. The first-order chi connectivity index (χ1) is 9.29. The SMILES string of the molecule is Cc1ccc(NS(=O)(=O)c2cc(N)cc(F)c2C)cc1. The van der Waals surface area contributed by atoms with Crippen LogP contribution in [0.1, 0.15) is 11.1 Å². The van der Waals surface area contributed by atoms with E-state index >= 15 is 0 Å². The summed E-state index contributed by atoms with van der Waals surface area (Å²) in [5.74, 6) is -0.644. The van der Waals surface area contributed by atoms with E-state index in [1.807, 2.05) is 6.92 Å². The van der Waals surface area contributed by atoms with Crippen molar-refractivity contribution in [3.05, 3.63) is 53.3 Å². The van der Waals surface area contributed by atoms with Gasteiger partial charge in [0.1, 0.15) is 5.82 Å². The molecule has 0 unspecified atom stereocenters. The van der Waals surface area contributed by atoms with Crippen molar-refractivity contribution < 1.29 is 12.8 Å². The molecule has 0 atom stereocenters. The minimum absolute atomic E-state index is 0.0406. The summed E-state index contributed by atoms with van der Waals surface area (Å²) < 4.78 is 40.6. The fourth-order valence-corrected chi connectivity index (χ4v) is 3.13. The van der Waals surface area contributed by atoms with Gasteiger partial charge in [-0.3, -0.25) is 4.72 Å². The van der Waals surface area contributed by atoms with Crippen LogP contribution in [0.2, 0.25) is 0 Å². The van der Waals surface area contributed by atoms with Crippen molar-refractivity contribution in [1.82, 2.24) is 0 Å². The second kappa shape index (κ2) is 5.13. The summed E-state index contributed by atoms with van der Waals surface area (Å²) in [5.41, 5.74) is 7.04. The third kappa shape index (κ3) is 2.91. The lowest BCUT2D eigenvalue weighted by atomic mass is 10.2. The molecule has 2 rings (SSSR count). The third-order valence-corrected chi connectivity index (χ3v) is 4.42. The zero-order chi connectivity index (χ0) is 14.9. The largest absolute Gasteiger partial charge is 0.399 e. The highest BCUT2D eigenvalue weighted by atomic mass is 32.2. The van der Waals surface area contributed by atoms with Gasteiger partial charge >= 0.3 is 0 Å². The molecule has 0 saturated heterocycles. The molecule has 2 aromatic rings. The van der Waals surface area contributed by atoms with Crippen LogP contribution in [-0.2, 0) is 10.0 Å². The molecule has 0 aromatic heterocycles. The Bertz CT molecular complexity index is 741. The zero-order valence-corrected chi connectivity index (χ0v) is 12.0. The van der Waals surface area contributed by atoms with Gasteiger partial charge in [-0.15, -0.1) is 0 Å². The molecule has 106 valence electrons. The highest BCUT2D eigenvalue weighted by molar-refractivity contribution is 7.92. The number of hydrogen-bond donors (Lipinski definition) is 2. The fraction of sp³-hybridized carbons (Fsp3) is 0.143. The van der Waals surface area contributed by atoms with Crippen LogP contribution in [0.15, 0.2) is 41.3 Å². The number of nitrogen functional groups attached to an aromatic ring is 1. The van der Waals surface area contributed by atoms with E-state index in [1.54, 1.807) is 24.3 Å². The van der Waals surface area contributed by atoms with Gasteiger partial charge in [-0.1, -0.05) is 17.7 Å². The highest BCUT2D eigenvalue weighted by Crippen LogP contribution is 2.24. The Morgan fingerprint density at radius 3 is 2.30 bits per heavy atom. The first-order valence-electron chi connectivity index (χ1n) is 5.95. The first-order valence-corrected chi connectivity index (χ1v) is 7.43. The van der Waals surface area contributed by atoms with E-state index in [0.29, 0.717) is 5.69 Å². The van der Waals surface area contributed by atoms with E-state index in [1.165, 1.54) is 13.0 Å². The molecule has 6 heteroatoms. The van der Waals surface area contributed by atoms with Gasteiger partial charge in [0.2, 0.25) is 0 Å². The molecule has 0 heterocycles. The van der Waals surface area contributed by atoms with Crippen molar-refractivity contribution in [3.8, 4) is 0 Å². The van der Waals surface area contributed by atoms with Crippen molar-refractivity contribution in [2.24, 2.45) is 0 Å². The van der Waals surface area contributed by atoms with Crippen molar-refractivity contribution in [2.45, 2.75) is 18.7 Å². The van der Waals surface area contributed by atoms with Crippen LogP contribution in [-0.4, -0.2) is 8.42 Å². The van der Waals surface area contributed by atoms with Crippen molar-refractivity contribution in [3.63, 3.8) is 0 Å². The number of benzene rings is 2. The van der Waals surface area contributed by atoms with Gasteiger partial charge in [-0.2, -0.15) is 0 Å². The number of aryl methyl sites for hydroxylation is 1. The van der Waals surface area contributed by atoms with E-state index in [0.717, 1.165) is 11.6 Å². The smallest absolute Gasteiger partial charge is 0.262 e. The van der Waals surface area contributed by atoms with Gasteiger partial charge in [0, 0.05) is 16.9 Å². The molecule has 4 nitrogen and oxygen atoms in total. The van der Waals surface area contributed by atoms with Crippen LogP contribution in [0.5, 0.6) is 0 Å². The molecule has 3 N–H and O–H groups in total. The van der Waals surface area contributed by atoms with E-state index in [9.17, 15) is 12.8 Å². The Kier molecular flexibility index (Phi) is 3.67. The topological polar surface area (TPSA) is 72.2 Å². The minimum Gasteiger partial charge on any atom is -0.399 e. The van der Waals surface area contributed by atoms with Gasteiger partial charge in [0.15, 0.2) is 0 Å². The minimum atomic E-state index is -3.87. The molecule has 0 radical (unpaired) electrons. The summed E-state index contributed by atoms with van der Waals surface area (Å²) in [4.78, 5) is -0.157. The number of nitrogens with one attached hydrogen (secondary N) is 1. The van der Waals surface area contributed by atoms with Crippen LogP contribution in [0.3, 0.4) is 0 Å². The van der Waals surface area contributed by atoms with Gasteiger partial charge in [-0.25, -0.2) is 12.8 Å². The zero-order valence-electron chi connectivity index (χ0n) is 11.1. The molecule has 0 amide bonds. The van der Waals surface area contributed by atoms with Crippen molar-refractivity contribution in [1.29, 1.82) is 0 Å². The quantitative estimate of drug-likeness (QED) is 0.855. The van der Waals surface area contributed by atoms with E-state index in [2.05, 4.69) is 4.72 Å². The van der Waals surface area contributed by atoms with E-state index in [-0.39, 0.29) is 16.1 Å². The molecule has 0 aliphatic carbocycles. The molecule has 0 fully saturated rings. The maximum absolute atomic E-state index is 13.6. The molecule has 2 aromatic carbocycles. The van der Waals surface area contributed by atoms with Gasteiger partial charge < -0.3 is 5.73 Å². The van der Waals surface area contributed by atoms with Crippen LogP contribution in [0, 0.1) is 19.7 Å². The molecule has 0 aliphatic heterocycles. The predicted octanol–water partition coefficient (Wildman–Crippen LogP) is 2.83. The standard InChI is InChI=1S/C14H15FN2O2S/c1-9-3-5-12(6-4-9)17-20(18,19)14-8-11(16)7-13(15)10(14)2/h3-8,17H,16H2,1-2H3. The van der Waals surface area contributed by atoms with Crippen LogP contribution < -0.4 is 10.5 Å². The lowest BCUT2D eigenvalue weighted by molar-refractivity contribution is 0.591. The molecular weight excluding hydrogens is 279 g/mol. The normalized spacial score (nSPS) is 11.3. The first kappa shape index (κ1) is 14.3. The van der Waals surface area contributed by atoms with Gasteiger partial charge in [0.05, 0.1) is 4.90 Å². The highest BCUT2D eigenvalue weighted by Gasteiger charge is 2.20. The van der Waals surface area contributed by atoms with Crippen molar-refractivity contribution >= 4 is 21.4 Å². The number of nitrogens with two attached hydrogens (primary N) is 1. The van der Waals surface area contributed by atoms with Crippen LogP contribution in [0.4, 0.5) is 15.8 Å². The molecule has 0 spiro atoms. The lowest BCUT2D eigenvalue weighted by Crippen LogP contribution is -2.15. The third-order valence-electron chi connectivity index (χ3n) is 2.91. The average Bonchev–Trinajstić information content (AvgIpc) is 2.36. The lowest BCUT2D eigenvalue weighted by Gasteiger charge is -2.12. The average molecular weight is 294 g/mol. The maximum Gasteiger partial charge on any atom is 0.262 e. The van der Waals surface area contributed by atoms with Gasteiger partial charge in [-0.05, 0) is 38.1 Å². The summed E-state index contributed by atoms with van der Waals surface area (Å²) in [5, 5.41) is 0. The van der Waals surface area contributed by atoms with Gasteiger partial charge in [0.25, 0.3) is 10.0 Å². The summed E-state index contributed by atoms with van der Waals surface area (Å²) >= 11 is 0. The number of hydrogen-bond acceptors (Lipinski definition) is 3. The Morgan fingerprint density at radius 2 is 1.70 bits per heavy atom. The Morgan fingerprint density at radius 1 is 1.10 bits per heavy atom. The molecule has 20 heavy (non-hydrogen) atoms. The van der Waals surface area contributed by atoms with E-state index < -0.39 is 15.8 Å². The summed E-state index contributed by atoms with van der Waals surface area (Å²) in [6, 6.07) is 9.19. The Hall–Kier alpha value is -2.08. The molecule has 0 aliphatic rings. The Labute approximate surface area is 117 Å². The summed E-state index contributed by atoms with van der Waals surface area (Å²) in [6.45, 7) is 3.30. The number of sulfonamides is 1. The number of halogens is 1. The molecular formula is C14H15FN2O2S. The summed E-state index contributed by atoms with van der Waals surface area (Å²) in [6.07, 6.45) is 0.